The normalized spacial score (nSPS) is 11.6. The highest BCUT2D eigenvalue weighted by Crippen LogP contribution is 2.37. The van der Waals surface area contributed by atoms with E-state index in [1.54, 1.807) is 54.6 Å². The van der Waals surface area contributed by atoms with Gasteiger partial charge in [-0.2, -0.15) is 0 Å². The second kappa shape index (κ2) is 8.93. The van der Waals surface area contributed by atoms with Crippen molar-refractivity contribution in [2.24, 2.45) is 0 Å². The van der Waals surface area contributed by atoms with E-state index in [1.165, 1.54) is 15.6 Å². The van der Waals surface area contributed by atoms with Crippen LogP contribution >= 0.6 is 11.3 Å². The van der Waals surface area contributed by atoms with Gasteiger partial charge in [0.15, 0.2) is 0 Å². The molecule has 2 heterocycles. The van der Waals surface area contributed by atoms with E-state index in [2.05, 4.69) is 0 Å². The molecule has 0 N–H and O–H groups in total. The van der Waals surface area contributed by atoms with E-state index in [1.807, 2.05) is 48.7 Å². The Balaban J connectivity index is 1.81. The Labute approximate surface area is 201 Å². The molecule has 5 aromatic rings. The summed E-state index contributed by atoms with van der Waals surface area (Å²) in [5.74, 6) is 0.00979. The standard InChI is InChI=1S/C27H21NO4S2/c1-19-13-15-21(16-14-19)34(30,31)28(18-20-8-3-2-4-9-20)27-25(24-12-7-17-33-24)26(29)22-10-5-6-11-23(22)32-27/h2-17H,18H2,1H3. The van der Waals surface area contributed by atoms with Gasteiger partial charge in [0.25, 0.3) is 10.0 Å². The molecule has 7 heteroatoms. The summed E-state index contributed by atoms with van der Waals surface area (Å²) in [6.07, 6.45) is 0. The third-order valence-electron chi connectivity index (χ3n) is 5.55. The number of sulfonamides is 1. The molecule has 34 heavy (non-hydrogen) atoms. The molecule has 170 valence electrons. The van der Waals surface area contributed by atoms with Crippen molar-refractivity contribution in [2.45, 2.75) is 18.4 Å². The highest BCUT2D eigenvalue weighted by molar-refractivity contribution is 7.92. The van der Waals surface area contributed by atoms with Crippen molar-refractivity contribution in [1.82, 2.24) is 0 Å². The van der Waals surface area contributed by atoms with Gasteiger partial charge in [0.1, 0.15) is 11.1 Å². The Hall–Kier alpha value is -3.68. The molecule has 3 aromatic carbocycles. The number of hydrogen-bond acceptors (Lipinski definition) is 5. The van der Waals surface area contributed by atoms with Gasteiger partial charge in [0.2, 0.25) is 11.3 Å². The number of aryl methyl sites for hydroxylation is 1. The summed E-state index contributed by atoms with van der Waals surface area (Å²) in [5.41, 5.74) is 2.02. The molecular formula is C27H21NO4S2. The molecule has 0 aliphatic carbocycles. The summed E-state index contributed by atoms with van der Waals surface area (Å²) < 4.78 is 35.4. The van der Waals surface area contributed by atoms with Gasteiger partial charge >= 0.3 is 0 Å². The summed E-state index contributed by atoms with van der Waals surface area (Å²) in [7, 11) is -4.06. The molecular weight excluding hydrogens is 466 g/mol. The summed E-state index contributed by atoms with van der Waals surface area (Å²) in [4.78, 5) is 14.4. The van der Waals surface area contributed by atoms with Gasteiger partial charge < -0.3 is 4.42 Å². The van der Waals surface area contributed by atoms with Crippen molar-refractivity contribution in [1.29, 1.82) is 0 Å². The van der Waals surface area contributed by atoms with Crippen LogP contribution in [0.4, 0.5) is 5.88 Å². The highest BCUT2D eigenvalue weighted by atomic mass is 32.2. The van der Waals surface area contributed by atoms with Gasteiger partial charge in [-0.05, 0) is 48.2 Å². The van der Waals surface area contributed by atoms with Crippen LogP contribution in [0.2, 0.25) is 0 Å². The Kier molecular flexibility index (Phi) is 5.81. The molecule has 0 atom stereocenters. The molecule has 0 fully saturated rings. The fraction of sp³-hybridized carbons (Fsp3) is 0.0741. The minimum absolute atomic E-state index is 0.00979. The van der Waals surface area contributed by atoms with Crippen LogP contribution in [0, 0.1) is 6.92 Å². The fourth-order valence-electron chi connectivity index (χ4n) is 3.80. The van der Waals surface area contributed by atoms with E-state index < -0.39 is 10.0 Å². The van der Waals surface area contributed by atoms with Gasteiger partial charge in [-0.3, -0.25) is 4.79 Å². The van der Waals surface area contributed by atoms with Crippen LogP contribution in [0.1, 0.15) is 11.1 Å². The first-order valence-corrected chi connectivity index (χ1v) is 13.0. The number of nitrogens with zero attached hydrogens (tertiary/aromatic N) is 1. The molecule has 2 aromatic heterocycles. The third kappa shape index (κ3) is 4.04. The number of thiophene rings is 1. The second-order valence-corrected chi connectivity index (χ2v) is 10.7. The molecule has 0 amide bonds. The highest BCUT2D eigenvalue weighted by Gasteiger charge is 2.32. The molecule has 0 spiro atoms. The lowest BCUT2D eigenvalue weighted by molar-refractivity contribution is 0.566. The van der Waals surface area contributed by atoms with Gasteiger partial charge in [0, 0.05) is 4.88 Å². The minimum Gasteiger partial charge on any atom is -0.439 e. The van der Waals surface area contributed by atoms with Crippen LogP contribution in [-0.4, -0.2) is 8.42 Å². The lowest BCUT2D eigenvalue weighted by Crippen LogP contribution is -2.32. The third-order valence-corrected chi connectivity index (χ3v) is 8.18. The van der Waals surface area contributed by atoms with Gasteiger partial charge in [0.05, 0.1) is 16.8 Å². The predicted molar refractivity (Wildman–Crippen MR) is 137 cm³/mol. The Morgan fingerprint density at radius 2 is 1.56 bits per heavy atom. The van der Waals surface area contributed by atoms with Crippen LogP contribution in [-0.2, 0) is 16.6 Å². The molecule has 0 saturated carbocycles. The van der Waals surface area contributed by atoms with Crippen molar-refractivity contribution < 1.29 is 12.8 Å². The van der Waals surface area contributed by atoms with Gasteiger partial charge in [-0.25, -0.2) is 12.7 Å². The molecule has 0 aliphatic rings. The maximum atomic E-state index is 14.0. The Morgan fingerprint density at radius 1 is 0.853 bits per heavy atom. The maximum Gasteiger partial charge on any atom is 0.266 e. The molecule has 5 nitrogen and oxygen atoms in total. The zero-order chi connectivity index (χ0) is 23.7. The van der Waals surface area contributed by atoms with E-state index in [9.17, 15) is 13.2 Å². The smallest absolute Gasteiger partial charge is 0.266 e. The van der Waals surface area contributed by atoms with Crippen LogP contribution < -0.4 is 9.73 Å². The zero-order valence-electron chi connectivity index (χ0n) is 18.3. The zero-order valence-corrected chi connectivity index (χ0v) is 20.0. The molecule has 0 unspecified atom stereocenters. The summed E-state index contributed by atoms with van der Waals surface area (Å²) in [6, 6.07) is 26.5. The van der Waals surface area contributed by atoms with E-state index >= 15 is 0 Å². The molecule has 0 radical (unpaired) electrons. The van der Waals surface area contributed by atoms with Crippen molar-refractivity contribution in [2.75, 3.05) is 4.31 Å². The SMILES string of the molecule is Cc1ccc(S(=O)(=O)N(Cc2ccccc2)c2oc3ccccc3c(=O)c2-c2cccs2)cc1. The largest absolute Gasteiger partial charge is 0.439 e. The number of rotatable bonds is 6. The lowest BCUT2D eigenvalue weighted by atomic mass is 10.1. The fourth-order valence-corrected chi connectivity index (χ4v) is 5.96. The quantitative estimate of drug-likeness (QED) is 0.285. The Bertz CT molecular complexity index is 1610. The molecule has 0 aliphatic heterocycles. The lowest BCUT2D eigenvalue weighted by Gasteiger charge is -2.25. The Morgan fingerprint density at radius 3 is 2.26 bits per heavy atom. The monoisotopic (exact) mass is 487 g/mol. The molecule has 0 bridgehead atoms. The number of fused-ring (bicyclic) bond motifs is 1. The first-order chi connectivity index (χ1) is 16.4. The van der Waals surface area contributed by atoms with Gasteiger partial charge in [-0.1, -0.05) is 66.2 Å². The van der Waals surface area contributed by atoms with Crippen molar-refractivity contribution in [3.63, 3.8) is 0 Å². The topological polar surface area (TPSA) is 67.6 Å². The average Bonchev–Trinajstić information content (AvgIpc) is 3.38. The van der Waals surface area contributed by atoms with Crippen molar-refractivity contribution >= 4 is 38.2 Å². The molecule has 0 saturated heterocycles. The first-order valence-electron chi connectivity index (χ1n) is 10.7. The average molecular weight is 488 g/mol. The maximum absolute atomic E-state index is 14.0. The van der Waals surface area contributed by atoms with E-state index in [-0.39, 0.29) is 28.3 Å². The number of para-hydroxylation sites is 1. The van der Waals surface area contributed by atoms with E-state index in [0.717, 1.165) is 11.1 Å². The van der Waals surface area contributed by atoms with Crippen molar-refractivity contribution in [3.05, 3.63) is 118 Å². The summed E-state index contributed by atoms with van der Waals surface area (Å²) in [6.45, 7) is 1.91. The first kappa shape index (κ1) is 22.1. The second-order valence-electron chi connectivity index (χ2n) is 7.90. The summed E-state index contributed by atoms with van der Waals surface area (Å²) >= 11 is 1.36. The number of benzene rings is 3. The number of hydrogen-bond donors (Lipinski definition) is 0. The summed E-state index contributed by atoms with van der Waals surface area (Å²) in [5, 5.41) is 2.26. The van der Waals surface area contributed by atoms with Crippen LogP contribution in [0.5, 0.6) is 0 Å². The molecule has 5 rings (SSSR count). The van der Waals surface area contributed by atoms with Gasteiger partial charge in [-0.15, -0.1) is 11.3 Å². The number of anilines is 1. The van der Waals surface area contributed by atoms with E-state index in [4.69, 9.17) is 4.42 Å². The van der Waals surface area contributed by atoms with E-state index in [0.29, 0.717) is 15.8 Å². The van der Waals surface area contributed by atoms with Crippen LogP contribution in [0.3, 0.4) is 0 Å². The minimum atomic E-state index is -4.06. The van der Waals surface area contributed by atoms with Crippen LogP contribution in [0.15, 0.2) is 110 Å². The predicted octanol–water partition coefficient (Wildman–Crippen LogP) is 6.23. The van der Waals surface area contributed by atoms with Crippen LogP contribution in [0.25, 0.3) is 21.4 Å². The van der Waals surface area contributed by atoms with Crippen molar-refractivity contribution in [3.8, 4) is 10.4 Å².